The summed E-state index contributed by atoms with van der Waals surface area (Å²) in [6.45, 7) is 0.665. The van der Waals surface area contributed by atoms with Gasteiger partial charge in [0.25, 0.3) is 10.0 Å². The van der Waals surface area contributed by atoms with E-state index in [4.69, 9.17) is 0 Å². The first-order chi connectivity index (χ1) is 11.9. The third-order valence-electron chi connectivity index (χ3n) is 3.81. The first-order valence-electron chi connectivity index (χ1n) is 7.63. The van der Waals surface area contributed by atoms with Crippen molar-refractivity contribution in [2.75, 3.05) is 18.4 Å². The van der Waals surface area contributed by atoms with Crippen LogP contribution in [-0.4, -0.2) is 41.3 Å². The number of imidazole rings is 1. The number of sulfonamides is 1. The fraction of sp³-hybridized carbons (Fsp3) is 0.333. The van der Waals surface area contributed by atoms with Crippen LogP contribution in [0.15, 0.2) is 35.7 Å². The third-order valence-corrected chi connectivity index (χ3v) is 5.59. The summed E-state index contributed by atoms with van der Waals surface area (Å²) in [5.74, 6) is -2.23. The van der Waals surface area contributed by atoms with Gasteiger partial charge in [0.1, 0.15) is 18.2 Å². The van der Waals surface area contributed by atoms with E-state index >= 15 is 0 Å². The van der Waals surface area contributed by atoms with Crippen molar-refractivity contribution in [3.8, 4) is 0 Å². The van der Waals surface area contributed by atoms with Crippen LogP contribution >= 0.6 is 0 Å². The Kier molecular flexibility index (Phi) is 4.82. The van der Waals surface area contributed by atoms with Crippen LogP contribution in [0.4, 0.5) is 14.5 Å². The second-order valence-electron chi connectivity index (χ2n) is 5.67. The monoisotopic (exact) mass is 370 g/mol. The molecule has 7 nitrogen and oxygen atoms in total. The van der Waals surface area contributed by atoms with E-state index in [0.29, 0.717) is 19.2 Å². The number of nitrogens with one attached hydrogen (secondary N) is 1. The smallest absolute Gasteiger partial charge is 0.262 e. The van der Waals surface area contributed by atoms with E-state index in [-0.39, 0.29) is 17.3 Å². The molecule has 0 atom stereocenters. The molecule has 134 valence electrons. The van der Waals surface area contributed by atoms with Crippen LogP contribution in [0, 0.1) is 11.6 Å². The Labute approximate surface area is 143 Å². The summed E-state index contributed by atoms with van der Waals surface area (Å²) in [6, 6.07) is 2.80. The highest BCUT2D eigenvalue weighted by Crippen LogP contribution is 2.19. The first-order valence-corrected chi connectivity index (χ1v) is 9.07. The van der Waals surface area contributed by atoms with Crippen molar-refractivity contribution in [3.05, 3.63) is 42.4 Å². The van der Waals surface area contributed by atoms with E-state index in [1.807, 2.05) is 0 Å². The van der Waals surface area contributed by atoms with Gasteiger partial charge in [0.15, 0.2) is 5.03 Å². The Balaban J connectivity index is 1.67. The fourth-order valence-electron chi connectivity index (χ4n) is 2.57. The van der Waals surface area contributed by atoms with Crippen molar-refractivity contribution < 1.29 is 22.0 Å². The topological polar surface area (TPSA) is 84.3 Å². The number of carbonyl (C=O) groups excluding carboxylic acids is 1. The molecule has 1 aliphatic heterocycles. The molecule has 0 bridgehead atoms. The zero-order valence-electron chi connectivity index (χ0n) is 13.2. The van der Waals surface area contributed by atoms with E-state index in [9.17, 15) is 22.0 Å². The van der Waals surface area contributed by atoms with Gasteiger partial charge < -0.3 is 9.88 Å². The molecule has 1 aromatic heterocycles. The Morgan fingerprint density at radius 1 is 1.24 bits per heavy atom. The molecule has 2 heterocycles. The average molecular weight is 370 g/mol. The van der Waals surface area contributed by atoms with Gasteiger partial charge in [0, 0.05) is 25.4 Å². The summed E-state index contributed by atoms with van der Waals surface area (Å²) >= 11 is 0. The maximum Gasteiger partial charge on any atom is 0.262 e. The highest BCUT2D eigenvalue weighted by atomic mass is 32.2. The van der Waals surface area contributed by atoms with Crippen molar-refractivity contribution in [3.63, 3.8) is 0 Å². The lowest BCUT2D eigenvalue weighted by molar-refractivity contribution is -0.116. The highest BCUT2D eigenvalue weighted by molar-refractivity contribution is 7.89. The molecule has 2 aromatic rings. The molecule has 10 heteroatoms. The van der Waals surface area contributed by atoms with Crippen LogP contribution in [0.25, 0.3) is 0 Å². The molecule has 1 aliphatic rings. The second kappa shape index (κ2) is 6.89. The van der Waals surface area contributed by atoms with Crippen molar-refractivity contribution in [1.82, 2.24) is 13.9 Å². The highest BCUT2D eigenvalue weighted by Gasteiger charge is 2.29. The van der Waals surface area contributed by atoms with Gasteiger partial charge in [0.05, 0.1) is 12.0 Å². The van der Waals surface area contributed by atoms with E-state index in [1.165, 1.54) is 21.4 Å². The minimum Gasteiger partial charge on any atom is -0.327 e. The minimum absolute atomic E-state index is 0.129. The number of rotatable bonds is 5. The number of hydrogen-bond acceptors (Lipinski definition) is 4. The number of amides is 1. The Bertz CT molecular complexity index is 892. The van der Waals surface area contributed by atoms with E-state index in [1.54, 1.807) is 0 Å². The number of hydrogen-bond donors (Lipinski definition) is 1. The average Bonchev–Trinajstić information content (AvgIpc) is 3.22. The predicted molar refractivity (Wildman–Crippen MR) is 85.2 cm³/mol. The zero-order valence-corrected chi connectivity index (χ0v) is 14.0. The van der Waals surface area contributed by atoms with Crippen molar-refractivity contribution in [1.29, 1.82) is 0 Å². The summed E-state index contributed by atoms with van der Waals surface area (Å²) in [4.78, 5) is 15.8. The number of aromatic nitrogens is 2. The van der Waals surface area contributed by atoms with Crippen LogP contribution in [0.1, 0.15) is 12.8 Å². The molecule has 0 radical (unpaired) electrons. The summed E-state index contributed by atoms with van der Waals surface area (Å²) in [6.07, 6.45) is 4.11. The van der Waals surface area contributed by atoms with Gasteiger partial charge in [-0.3, -0.25) is 4.79 Å². The van der Waals surface area contributed by atoms with Crippen molar-refractivity contribution >= 4 is 21.6 Å². The SMILES string of the molecule is O=C(Cn1cnc(S(=O)(=O)N2CCCC2)c1)Nc1ccc(F)cc1F. The number of anilines is 1. The molecular weight excluding hydrogens is 354 g/mol. The fourth-order valence-corrected chi connectivity index (χ4v) is 4.02. The van der Waals surface area contributed by atoms with Gasteiger partial charge in [-0.25, -0.2) is 22.2 Å². The molecule has 0 unspecified atom stereocenters. The maximum atomic E-state index is 13.5. The number of carbonyl (C=O) groups is 1. The summed E-state index contributed by atoms with van der Waals surface area (Å²) in [5.41, 5.74) is -0.156. The first kappa shape index (κ1) is 17.5. The number of benzene rings is 1. The Morgan fingerprint density at radius 3 is 2.64 bits per heavy atom. The minimum atomic E-state index is -3.66. The standard InChI is InChI=1S/C15H16F2N4O3S/c16-11-3-4-13(12(17)7-11)19-14(22)8-20-9-15(18-10-20)25(23,24)21-5-1-2-6-21/h3-4,7,9-10H,1-2,5-6,8H2,(H,19,22). The Morgan fingerprint density at radius 2 is 1.96 bits per heavy atom. The summed E-state index contributed by atoms with van der Waals surface area (Å²) in [7, 11) is -3.66. The van der Waals surface area contributed by atoms with Gasteiger partial charge in [-0.2, -0.15) is 4.31 Å². The van der Waals surface area contributed by atoms with Crippen LogP contribution in [-0.2, 0) is 21.4 Å². The molecule has 0 saturated carbocycles. The van der Waals surface area contributed by atoms with E-state index in [2.05, 4.69) is 10.3 Å². The second-order valence-corrected chi connectivity index (χ2v) is 7.55. The normalized spacial score (nSPS) is 15.4. The summed E-state index contributed by atoms with van der Waals surface area (Å²) < 4.78 is 53.7. The van der Waals surface area contributed by atoms with Crippen LogP contribution in [0.3, 0.4) is 0 Å². The molecule has 0 aliphatic carbocycles. The third kappa shape index (κ3) is 3.85. The van der Waals surface area contributed by atoms with E-state index in [0.717, 1.165) is 25.0 Å². The van der Waals surface area contributed by atoms with Gasteiger partial charge >= 0.3 is 0 Å². The van der Waals surface area contributed by atoms with Crippen molar-refractivity contribution in [2.24, 2.45) is 0 Å². The zero-order chi connectivity index (χ0) is 18.0. The number of halogens is 2. The van der Waals surface area contributed by atoms with Gasteiger partial charge in [-0.05, 0) is 25.0 Å². The van der Waals surface area contributed by atoms with E-state index < -0.39 is 27.6 Å². The van der Waals surface area contributed by atoms with Gasteiger partial charge in [0.2, 0.25) is 5.91 Å². The van der Waals surface area contributed by atoms with Gasteiger partial charge in [-0.15, -0.1) is 0 Å². The van der Waals surface area contributed by atoms with Crippen LogP contribution in [0.5, 0.6) is 0 Å². The molecule has 1 saturated heterocycles. The van der Waals surface area contributed by atoms with Gasteiger partial charge in [-0.1, -0.05) is 0 Å². The summed E-state index contributed by atoms with van der Waals surface area (Å²) in [5, 5.41) is 2.17. The maximum absolute atomic E-state index is 13.5. The molecule has 1 N–H and O–H groups in total. The lowest BCUT2D eigenvalue weighted by Gasteiger charge is -2.12. The lowest BCUT2D eigenvalue weighted by atomic mass is 10.3. The molecule has 1 amide bonds. The predicted octanol–water partition coefficient (Wildman–Crippen LogP) is 1.58. The number of nitrogens with zero attached hydrogens (tertiary/aromatic N) is 3. The molecule has 25 heavy (non-hydrogen) atoms. The van der Waals surface area contributed by atoms with Crippen LogP contribution < -0.4 is 5.32 Å². The molecule has 1 fully saturated rings. The van der Waals surface area contributed by atoms with Crippen molar-refractivity contribution in [2.45, 2.75) is 24.4 Å². The molecule has 3 rings (SSSR count). The quantitative estimate of drug-likeness (QED) is 0.866. The molecule has 1 aromatic carbocycles. The Hall–Kier alpha value is -2.33. The largest absolute Gasteiger partial charge is 0.327 e. The lowest BCUT2D eigenvalue weighted by Crippen LogP contribution is -2.28. The van der Waals surface area contributed by atoms with Crippen LogP contribution in [0.2, 0.25) is 0 Å². The molecule has 0 spiro atoms. The molecular formula is C15H16F2N4O3S.